The minimum Gasteiger partial charge on any atom is -0.540 e. The van der Waals surface area contributed by atoms with E-state index in [4.69, 9.17) is 8.85 Å². The van der Waals surface area contributed by atoms with Gasteiger partial charge in [-0.25, -0.2) is 0 Å². The van der Waals surface area contributed by atoms with Crippen LogP contribution in [0.15, 0.2) is 72.1 Å². The molecule has 4 heteroatoms. The molecule has 0 aliphatic rings. The molecule has 2 nitrogen and oxygen atoms in total. The van der Waals surface area contributed by atoms with Gasteiger partial charge in [0.2, 0.25) is 0 Å². The van der Waals surface area contributed by atoms with Gasteiger partial charge in [0.15, 0.2) is 0 Å². The predicted octanol–water partition coefficient (Wildman–Crippen LogP) is 5.19. The topological polar surface area (TPSA) is 18.5 Å². The van der Waals surface area contributed by atoms with Crippen LogP contribution in [-0.2, 0) is 0 Å². The van der Waals surface area contributed by atoms with Crippen LogP contribution in [0.25, 0.3) is 0 Å². The molecule has 2 rings (SSSR count). The maximum atomic E-state index is 6.17. The Labute approximate surface area is 135 Å². The summed E-state index contributed by atoms with van der Waals surface area (Å²) in [5.74, 6) is 1.87. The lowest BCUT2D eigenvalue weighted by Crippen LogP contribution is -2.37. The first-order valence-corrected chi connectivity index (χ1v) is 13.5. The van der Waals surface area contributed by atoms with E-state index in [0.717, 1.165) is 11.5 Å². The maximum absolute atomic E-state index is 6.17. The van der Waals surface area contributed by atoms with Crippen LogP contribution in [0.5, 0.6) is 11.5 Å². The standard InChI is InChI=1S/C18H24O2Si2/c1-21(2,19-17-11-7-5-8-12-17)15-16-22(3,4)20-18-13-9-6-10-14-18/h5-16H,1-4H3. The van der Waals surface area contributed by atoms with E-state index in [1.165, 1.54) is 0 Å². The van der Waals surface area contributed by atoms with E-state index in [1.807, 2.05) is 60.7 Å². The maximum Gasteiger partial charge on any atom is 0.269 e. The van der Waals surface area contributed by atoms with Crippen LogP contribution in [0.2, 0.25) is 26.2 Å². The van der Waals surface area contributed by atoms with Gasteiger partial charge >= 0.3 is 0 Å². The highest BCUT2D eigenvalue weighted by Crippen LogP contribution is 2.19. The molecule has 0 amide bonds. The zero-order valence-electron chi connectivity index (χ0n) is 13.7. The first-order valence-electron chi connectivity index (χ1n) is 7.55. The second-order valence-corrected chi connectivity index (χ2v) is 13.9. The summed E-state index contributed by atoms with van der Waals surface area (Å²) in [5, 5.41) is 0. The molecule has 0 N–H and O–H groups in total. The van der Waals surface area contributed by atoms with Gasteiger partial charge in [-0.05, 0) is 50.5 Å². The Bertz CT molecular complexity index is 552. The quantitative estimate of drug-likeness (QED) is 0.679. The summed E-state index contributed by atoms with van der Waals surface area (Å²) < 4.78 is 12.3. The molecule has 0 aliphatic heterocycles. The lowest BCUT2D eigenvalue weighted by Gasteiger charge is -2.24. The Morgan fingerprint density at radius 1 is 0.591 bits per heavy atom. The molecule has 0 unspecified atom stereocenters. The Balaban J connectivity index is 2.02. The first kappa shape index (κ1) is 16.6. The van der Waals surface area contributed by atoms with Crippen molar-refractivity contribution in [2.75, 3.05) is 0 Å². The molecule has 0 fully saturated rings. The van der Waals surface area contributed by atoms with Crippen LogP contribution in [0.1, 0.15) is 0 Å². The number of para-hydroxylation sites is 2. The summed E-state index contributed by atoms with van der Waals surface area (Å²) in [6.45, 7) is 8.79. The third kappa shape index (κ3) is 5.54. The van der Waals surface area contributed by atoms with Crippen molar-refractivity contribution in [1.82, 2.24) is 0 Å². The molecule has 0 aromatic heterocycles. The van der Waals surface area contributed by atoms with Gasteiger partial charge in [-0.2, -0.15) is 0 Å². The minimum atomic E-state index is -1.90. The highest BCUT2D eigenvalue weighted by atomic mass is 28.4. The van der Waals surface area contributed by atoms with Crippen molar-refractivity contribution in [2.45, 2.75) is 26.2 Å². The molecular formula is C18H24O2Si2. The van der Waals surface area contributed by atoms with Crippen molar-refractivity contribution in [3.63, 3.8) is 0 Å². The van der Waals surface area contributed by atoms with Gasteiger partial charge < -0.3 is 8.85 Å². The zero-order chi connectivity index (χ0) is 16.1. The third-order valence-corrected chi connectivity index (χ3v) is 6.93. The van der Waals surface area contributed by atoms with E-state index < -0.39 is 16.6 Å². The van der Waals surface area contributed by atoms with E-state index in [-0.39, 0.29) is 0 Å². The van der Waals surface area contributed by atoms with Crippen LogP contribution >= 0.6 is 0 Å². The van der Waals surface area contributed by atoms with Crippen molar-refractivity contribution in [2.24, 2.45) is 0 Å². The van der Waals surface area contributed by atoms with Crippen molar-refractivity contribution in [3.05, 3.63) is 72.1 Å². The largest absolute Gasteiger partial charge is 0.540 e. The third-order valence-electron chi connectivity index (χ3n) is 3.13. The van der Waals surface area contributed by atoms with Crippen molar-refractivity contribution in [3.8, 4) is 11.5 Å². The van der Waals surface area contributed by atoms with Gasteiger partial charge in [0.1, 0.15) is 11.5 Å². The van der Waals surface area contributed by atoms with E-state index in [2.05, 4.69) is 37.6 Å². The molecule has 22 heavy (non-hydrogen) atoms. The van der Waals surface area contributed by atoms with Gasteiger partial charge in [0.05, 0.1) is 0 Å². The number of hydrogen-bond acceptors (Lipinski definition) is 2. The Kier molecular flexibility index (Phi) is 5.26. The van der Waals surface area contributed by atoms with Crippen LogP contribution in [0, 0.1) is 0 Å². The summed E-state index contributed by atoms with van der Waals surface area (Å²) >= 11 is 0. The van der Waals surface area contributed by atoms with Crippen molar-refractivity contribution < 1.29 is 8.85 Å². The number of benzene rings is 2. The molecule has 0 bridgehead atoms. The molecule has 0 saturated carbocycles. The zero-order valence-corrected chi connectivity index (χ0v) is 15.7. The second-order valence-electron chi connectivity index (χ2n) is 6.37. The molecule has 0 heterocycles. The molecular weight excluding hydrogens is 304 g/mol. The SMILES string of the molecule is C[Si](C)(C=C[Si](C)(C)Oc1ccccc1)Oc1ccccc1. The summed E-state index contributed by atoms with van der Waals surface area (Å²) in [7, 11) is -3.79. The van der Waals surface area contributed by atoms with Gasteiger partial charge in [-0.15, -0.1) is 0 Å². The fourth-order valence-corrected chi connectivity index (χ4v) is 6.89. The van der Waals surface area contributed by atoms with Crippen LogP contribution in [0.4, 0.5) is 0 Å². The predicted molar refractivity (Wildman–Crippen MR) is 98.2 cm³/mol. The summed E-state index contributed by atoms with van der Waals surface area (Å²) in [6, 6.07) is 20.0. The smallest absolute Gasteiger partial charge is 0.269 e. The molecule has 116 valence electrons. The highest BCUT2D eigenvalue weighted by molar-refractivity contribution is 6.82. The van der Waals surface area contributed by atoms with Gasteiger partial charge in [0, 0.05) is 0 Å². The summed E-state index contributed by atoms with van der Waals surface area (Å²) in [5.41, 5.74) is 4.49. The van der Waals surface area contributed by atoms with E-state index in [9.17, 15) is 0 Å². The van der Waals surface area contributed by atoms with Crippen LogP contribution in [-0.4, -0.2) is 16.6 Å². The molecule has 0 aliphatic carbocycles. The fraction of sp³-hybridized carbons (Fsp3) is 0.222. The monoisotopic (exact) mass is 328 g/mol. The lowest BCUT2D eigenvalue weighted by atomic mass is 10.3. The molecule has 0 radical (unpaired) electrons. The Morgan fingerprint density at radius 3 is 1.23 bits per heavy atom. The molecule has 0 saturated heterocycles. The van der Waals surface area contributed by atoms with Crippen LogP contribution < -0.4 is 8.85 Å². The van der Waals surface area contributed by atoms with Gasteiger partial charge in [0.25, 0.3) is 16.6 Å². The summed E-state index contributed by atoms with van der Waals surface area (Å²) in [4.78, 5) is 0. The van der Waals surface area contributed by atoms with Crippen LogP contribution in [0.3, 0.4) is 0 Å². The van der Waals surface area contributed by atoms with Crippen molar-refractivity contribution in [1.29, 1.82) is 0 Å². The molecule has 2 aromatic carbocycles. The van der Waals surface area contributed by atoms with Crippen molar-refractivity contribution >= 4 is 16.6 Å². The number of hydrogen-bond donors (Lipinski definition) is 0. The van der Waals surface area contributed by atoms with Gasteiger partial charge in [-0.1, -0.05) is 47.8 Å². The first-order chi connectivity index (χ1) is 10.4. The fourth-order valence-electron chi connectivity index (χ4n) is 2.05. The van der Waals surface area contributed by atoms with E-state index in [1.54, 1.807) is 0 Å². The van der Waals surface area contributed by atoms with E-state index in [0.29, 0.717) is 0 Å². The average molecular weight is 329 g/mol. The lowest BCUT2D eigenvalue weighted by molar-refractivity contribution is 0.558. The Morgan fingerprint density at radius 2 is 0.909 bits per heavy atom. The molecule has 0 atom stereocenters. The normalized spacial score (nSPS) is 12.4. The minimum absolute atomic E-state index is 0.937. The molecule has 0 spiro atoms. The van der Waals surface area contributed by atoms with E-state index >= 15 is 0 Å². The number of rotatable bonds is 6. The molecule has 2 aromatic rings. The second kappa shape index (κ2) is 6.98. The highest BCUT2D eigenvalue weighted by Gasteiger charge is 2.26. The Hall–Kier alpha value is -1.79. The average Bonchev–Trinajstić information content (AvgIpc) is 2.47. The van der Waals surface area contributed by atoms with Gasteiger partial charge in [-0.3, -0.25) is 0 Å². The summed E-state index contributed by atoms with van der Waals surface area (Å²) in [6.07, 6.45) is 0.